The molecule has 5 heteroatoms. The van der Waals surface area contributed by atoms with Crippen LogP contribution in [0.3, 0.4) is 0 Å². The molecule has 3 heterocycles. The number of furan rings is 2. The average Bonchev–Trinajstić information content (AvgIpc) is 4.13. The fraction of sp³-hybridized carbons (Fsp3) is 0. The first-order valence-corrected chi connectivity index (χ1v) is 24.8. The summed E-state index contributed by atoms with van der Waals surface area (Å²) in [4.78, 5) is 4.72. The molecule has 342 valence electrons. The van der Waals surface area contributed by atoms with Crippen LogP contribution in [0, 0.1) is 0 Å². The zero-order valence-corrected chi connectivity index (χ0v) is 39.5. The molecule has 0 unspecified atom stereocenters. The van der Waals surface area contributed by atoms with Gasteiger partial charge in [-0.15, -0.1) is 0 Å². The number of para-hydroxylation sites is 5. The molecule has 0 atom stereocenters. The maximum Gasteiger partial charge on any atom is 0.137 e. The van der Waals surface area contributed by atoms with Gasteiger partial charge in [0.1, 0.15) is 22.3 Å². The van der Waals surface area contributed by atoms with Gasteiger partial charge in [-0.2, -0.15) is 0 Å². The maximum atomic E-state index is 6.63. The van der Waals surface area contributed by atoms with E-state index in [4.69, 9.17) is 8.83 Å². The first-order chi connectivity index (χ1) is 36.2. The van der Waals surface area contributed by atoms with Gasteiger partial charge in [-0.05, 0) is 124 Å². The van der Waals surface area contributed by atoms with Gasteiger partial charge in [0.05, 0.1) is 16.7 Å². The Morgan fingerprint density at radius 1 is 0.274 bits per heavy atom. The molecule has 0 amide bonds. The maximum absolute atomic E-state index is 6.63. The number of fused-ring (bicyclic) bond motifs is 12. The molecule has 0 aliphatic carbocycles. The lowest BCUT2D eigenvalue weighted by molar-refractivity contribution is 0.669. The molecule has 73 heavy (non-hydrogen) atoms. The van der Waals surface area contributed by atoms with E-state index in [0.717, 1.165) is 106 Å². The fourth-order valence-electron chi connectivity index (χ4n) is 11.5. The van der Waals surface area contributed by atoms with Crippen molar-refractivity contribution in [3.8, 4) is 16.8 Å². The predicted molar refractivity (Wildman–Crippen MR) is 305 cm³/mol. The number of benzene rings is 12. The highest BCUT2D eigenvalue weighted by molar-refractivity contribution is 6.25. The van der Waals surface area contributed by atoms with Gasteiger partial charge in [-0.1, -0.05) is 152 Å². The summed E-state index contributed by atoms with van der Waals surface area (Å²) in [6.45, 7) is 0. The van der Waals surface area contributed by atoms with Crippen molar-refractivity contribution in [1.82, 2.24) is 4.57 Å². The number of aromatic nitrogens is 1. The van der Waals surface area contributed by atoms with Gasteiger partial charge in [-0.25, -0.2) is 0 Å². The SMILES string of the molecule is c1ccc(N(c2ccccc2)c2cc(-c3cc4c(c5ccccc35)c3ccccc3n4-c3cccc4ccccc34)cc(N(c3ccc4c(c3)oc3ccccc34)c3ccc4c(c3)oc3ccccc34)c2)cc1. The third-order valence-corrected chi connectivity index (χ3v) is 14.7. The minimum absolute atomic E-state index is 0.817. The lowest BCUT2D eigenvalue weighted by Gasteiger charge is -2.30. The van der Waals surface area contributed by atoms with E-state index in [9.17, 15) is 0 Å². The zero-order chi connectivity index (χ0) is 48.0. The van der Waals surface area contributed by atoms with Gasteiger partial charge in [0.25, 0.3) is 0 Å². The van der Waals surface area contributed by atoms with Crippen molar-refractivity contribution in [2.45, 2.75) is 0 Å². The third-order valence-electron chi connectivity index (χ3n) is 14.7. The van der Waals surface area contributed by atoms with Gasteiger partial charge >= 0.3 is 0 Å². The minimum atomic E-state index is 0.817. The van der Waals surface area contributed by atoms with Crippen molar-refractivity contribution in [2.24, 2.45) is 0 Å². The summed E-state index contributed by atoms with van der Waals surface area (Å²) in [5.74, 6) is 0. The van der Waals surface area contributed by atoms with E-state index in [-0.39, 0.29) is 0 Å². The number of hydrogen-bond donors (Lipinski definition) is 0. The van der Waals surface area contributed by atoms with Crippen molar-refractivity contribution in [1.29, 1.82) is 0 Å². The number of rotatable bonds is 8. The Labute approximate surface area is 420 Å². The summed E-state index contributed by atoms with van der Waals surface area (Å²) in [7, 11) is 0. The molecule has 3 aromatic heterocycles. The van der Waals surface area contributed by atoms with Gasteiger partial charge < -0.3 is 23.2 Å². The van der Waals surface area contributed by atoms with E-state index < -0.39 is 0 Å². The Hall–Kier alpha value is -9.84. The molecular formula is C68H43N3O2. The smallest absolute Gasteiger partial charge is 0.137 e. The molecule has 0 N–H and O–H groups in total. The summed E-state index contributed by atoms with van der Waals surface area (Å²) in [5.41, 5.74) is 15.0. The first-order valence-electron chi connectivity index (χ1n) is 24.8. The fourth-order valence-corrected chi connectivity index (χ4v) is 11.5. The van der Waals surface area contributed by atoms with Crippen molar-refractivity contribution in [2.75, 3.05) is 9.80 Å². The third kappa shape index (κ3) is 6.56. The molecule has 0 bridgehead atoms. The van der Waals surface area contributed by atoms with Crippen molar-refractivity contribution in [3.05, 3.63) is 261 Å². The standard InChI is InChI=1S/C68H43N3O2/c1-3-20-46(21-4-1)69(47-22-5-2-6-23-47)50-38-45(60-43-63-68(58-28-10-9-25-53(58)60)59-29-11-14-30-62(59)71(63)61-31-17-19-44-18-7-8-24-52(44)61)39-51(40-50)70(48-34-36-56-54-26-12-15-32-64(54)72-66(56)41-48)49-35-37-57-55-27-13-16-33-65(55)73-67(57)42-49/h1-43H. The van der Waals surface area contributed by atoms with E-state index in [1.165, 1.54) is 32.3 Å². The van der Waals surface area contributed by atoms with E-state index >= 15 is 0 Å². The lowest BCUT2D eigenvalue weighted by atomic mass is 9.93. The average molecular weight is 934 g/mol. The van der Waals surface area contributed by atoms with Crippen LogP contribution in [0.25, 0.3) is 104 Å². The Morgan fingerprint density at radius 3 is 1.38 bits per heavy atom. The summed E-state index contributed by atoms with van der Waals surface area (Å²) < 4.78 is 15.7. The first kappa shape index (κ1) is 41.0. The summed E-state index contributed by atoms with van der Waals surface area (Å²) in [6.07, 6.45) is 0. The van der Waals surface area contributed by atoms with Crippen LogP contribution in [0.4, 0.5) is 34.1 Å². The molecular weight excluding hydrogens is 891 g/mol. The Morgan fingerprint density at radius 2 is 0.753 bits per heavy atom. The predicted octanol–water partition coefficient (Wildman–Crippen LogP) is 19.5. The minimum Gasteiger partial charge on any atom is -0.456 e. The zero-order valence-electron chi connectivity index (χ0n) is 39.5. The van der Waals surface area contributed by atoms with Crippen LogP contribution in [0.15, 0.2) is 270 Å². The van der Waals surface area contributed by atoms with Crippen LogP contribution in [0.2, 0.25) is 0 Å². The Kier molecular flexibility index (Phi) is 9.19. The second-order valence-electron chi connectivity index (χ2n) is 18.9. The molecule has 0 spiro atoms. The lowest BCUT2D eigenvalue weighted by Crippen LogP contribution is -2.13. The van der Waals surface area contributed by atoms with Crippen molar-refractivity contribution < 1.29 is 8.83 Å². The van der Waals surface area contributed by atoms with Crippen LogP contribution in [0.5, 0.6) is 0 Å². The summed E-state index contributed by atoms with van der Waals surface area (Å²) in [6, 6.07) is 93.7. The highest BCUT2D eigenvalue weighted by Crippen LogP contribution is 2.48. The monoisotopic (exact) mass is 933 g/mol. The molecule has 12 aromatic carbocycles. The molecule has 0 saturated heterocycles. The molecule has 5 nitrogen and oxygen atoms in total. The van der Waals surface area contributed by atoms with Gasteiger partial charge in [0.15, 0.2) is 0 Å². The summed E-state index contributed by atoms with van der Waals surface area (Å²) >= 11 is 0. The van der Waals surface area contributed by atoms with Crippen molar-refractivity contribution in [3.63, 3.8) is 0 Å². The van der Waals surface area contributed by atoms with Crippen LogP contribution < -0.4 is 9.80 Å². The Balaban J connectivity index is 1.05. The van der Waals surface area contributed by atoms with Crippen LogP contribution >= 0.6 is 0 Å². The van der Waals surface area contributed by atoms with E-state index in [1.54, 1.807) is 0 Å². The number of hydrogen-bond acceptors (Lipinski definition) is 4. The van der Waals surface area contributed by atoms with Crippen LogP contribution in [-0.4, -0.2) is 4.57 Å². The van der Waals surface area contributed by atoms with Crippen LogP contribution in [-0.2, 0) is 0 Å². The largest absolute Gasteiger partial charge is 0.456 e. The van der Waals surface area contributed by atoms with E-state index in [2.05, 4.69) is 251 Å². The highest BCUT2D eigenvalue weighted by Gasteiger charge is 2.24. The van der Waals surface area contributed by atoms with Gasteiger partial charge in [0, 0.05) is 84.0 Å². The van der Waals surface area contributed by atoms with Crippen molar-refractivity contribution >= 4 is 121 Å². The molecule has 0 saturated carbocycles. The van der Waals surface area contributed by atoms with Crippen LogP contribution in [0.1, 0.15) is 0 Å². The molecule has 0 aliphatic heterocycles. The molecule has 0 radical (unpaired) electrons. The van der Waals surface area contributed by atoms with Gasteiger partial charge in [-0.3, -0.25) is 0 Å². The highest BCUT2D eigenvalue weighted by atomic mass is 16.3. The number of anilines is 6. The normalized spacial score (nSPS) is 11.8. The molecule has 15 rings (SSSR count). The second-order valence-corrected chi connectivity index (χ2v) is 18.9. The quantitative estimate of drug-likeness (QED) is 0.152. The molecule has 15 aromatic rings. The molecule has 0 aliphatic rings. The Bertz CT molecular complexity index is 4480. The van der Waals surface area contributed by atoms with E-state index in [0.29, 0.717) is 0 Å². The summed E-state index contributed by atoms with van der Waals surface area (Å²) in [5, 5.41) is 11.5. The topological polar surface area (TPSA) is 37.7 Å². The number of nitrogens with zero attached hydrogens (tertiary/aromatic N) is 3. The van der Waals surface area contributed by atoms with Gasteiger partial charge in [0.2, 0.25) is 0 Å². The van der Waals surface area contributed by atoms with E-state index in [1.807, 2.05) is 24.3 Å². The second kappa shape index (κ2) is 16.4. The molecule has 0 fully saturated rings.